The molecule has 1 atom stereocenters. The Balaban J connectivity index is 2.93. The van der Waals surface area contributed by atoms with Crippen LogP contribution in [0.4, 0.5) is 0 Å². The second-order valence-electron chi connectivity index (χ2n) is 3.97. The van der Waals surface area contributed by atoms with Gasteiger partial charge >= 0.3 is 0 Å². The number of nitrogens with two attached hydrogens (primary N) is 1. The average Bonchev–Trinajstić information content (AvgIpc) is 2.26. The van der Waals surface area contributed by atoms with Gasteiger partial charge in [-0.05, 0) is 24.6 Å². The summed E-state index contributed by atoms with van der Waals surface area (Å²) in [7, 11) is -1.98. The minimum atomic E-state index is -3.48. The van der Waals surface area contributed by atoms with Crippen LogP contribution in [0, 0.1) is 0 Å². The predicted molar refractivity (Wildman–Crippen MR) is 78.2 cm³/mol. The number of sulfonamides is 1. The number of benzene rings is 1. The van der Waals surface area contributed by atoms with E-state index in [1.807, 2.05) is 0 Å². The van der Waals surface area contributed by atoms with E-state index in [2.05, 4.69) is 12.2 Å². The maximum Gasteiger partial charge on any atom is 0.220 e. The van der Waals surface area contributed by atoms with Gasteiger partial charge in [0.2, 0.25) is 10.0 Å². The van der Waals surface area contributed by atoms with Gasteiger partial charge in [-0.15, -0.1) is 0 Å². The van der Waals surface area contributed by atoms with Gasteiger partial charge in [-0.25, -0.2) is 8.42 Å². The Kier molecular flexibility index (Phi) is 5.10. The summed E-state index contributed by atoms with van der Waals surface area (Å²) in [6, 6.07) is 6.73. The molecule has 0 spiro atoms. The molecule has 1 unspecified atom stereocenters. The highest BCUT2D eigenvalue weighted by atomic mass is 35.5. The van der Waals surface area contributed by atoms with Crippen LogP contribution in [0.2, 0.25) is 5.02 Å². The molecule has 0 aliphatic rings. The summed E-state index contributed by atoms with van der Waals surface area (Å²) in [5.41, 5.74) is 6.14. The van der Waals surface area contributed by atoms with E-state index in [1.54, 1.807) is 31.2 Å². The molecule has 0 amide bonds. The van der Waals surface area contributed by atoms with E-state index in [0.29, 0.717) is 5.02 Å². The van der Waals surface area contributed by atoms with Crippen LogP contribution in [0.1, 0.15) is 18.5 Å². The van der Waals surface area contributed by atoms with Gasteiger partial charge in [-0.2, -0.15) is 4.31 Å². The molecule has 0 fully saturated rings. The van der Waals surface area contributed by atoms with Gasteiger partial charge in [-0.1, -0.05) is 36.0 Å². The summed E-state index contributed by atoms with van der Waals surface area (Å²) in [5.74, 6) is -0.323. The van der Waals surface area contributed by atoms with E-state index in [4.69, 9.17) is 17.3 Å². The fourth-order valence-electron chi connectivity index (χ4n) is 1.47. The van der Waals surface area contributed by atoms with E-state index in [-0.39, 0.29) is 16.8 Å². The summed E-state index contributed by atoms with van der Waals surface area (Å²) >= 11 is 10.4. The molecule has 0 heterocycles. The van der Waals surface area contributed by atoms with Crippen molar-refractivity contribution in [1.29, 1.82) is 0 Å². The van der Waals surface area contributed by atoms with Crippen molar-refractivity contribution >= 4 is 38.8 Å². The highest BCUT2D eigenvalue weighted by Crippen LogP contribution is 2.23. The molecule has 0 aromatic heterocycles. The fraction of sp³-hybridized carbons (Fsp3) is 0.364. The van der Waals surface area contributed by atoms with Crippen molar-refractivity contribution in [3.63, 3.8) is 0 Å². The van der Waals surface area contributed by atoms with Crippen molar-refractivity contribution in [3.8, 4) is 0 Å². The van der Waals surface area contributed by atoms with Gasteiger partial charge in [0.05, 0.1) is 4.99 Å². The molecule has 1 aromatic carbocycles. The zero-order valence-corrected chi connectivity index (χ0v) is 12.5. The normalized spacial score (nSPS) is 13.6. The van der Waals surface area contributed by atoms with E-state index in [1.165, 1.54) is 11.4 Å². The summed E-state index contributed by atoms with van der Waals surface area (Å²) in [5, 5.41) is 0.611. The quantitative estimate of drug-likeness (QED) is 0.845. The molecular formula is C11H15ClN2O2S2. The lowest BCUT2D eigenvalue weighted by Gasteiger charge is -2.24. The van der Waals surface area contributed by atoms with Crippen molar-refractivity contribution in [2.24, 2.45) is 5.73 Å². The van der Waals surface area contributed by atoms with Crippen LogP contribution >= 0.6 is 23.8 Å². The number of hydrogen-bond donors (Lipinski definition) is 1. The maximum atomic E-state index is 12.0. The van der Waals surface area contributed by atoms with Crippen LogP contribution in [-0.4, -0.2) is 30.5 Å². The highest BCUT2D eigenvalue weighted by Gasteiger charge is 2.24. The Bertz CT molecular complexity index is 528. The first-order valence-corrected chi connectivity index (χ1v) is 7.63. The molecule has 0 saturated heterocycles. The van der Waals surface area contributed by atoms with Crippen LogP contribution in [0.5, 0.6) is 0 Å². The van der Waals surface area contributed by atoms with E-state index < -0.39 is 10.0 Å². The van der Waals surface area contributed by atoms with E-state index in [9.17, 15) is 8.42 Å². The molecule has 0 bridgehead atoms. The van der Waals surface area contributed by atoms with Gasteiger partial charge in [-0.3, -0.25) is 0 Å². The number of thiocarbonyl (C=S) groups is 1. The summed E-state index contributed by atoms with van der Waals surface area (Å²) < 4.78 is 25.2. The molecule has 0 aliphatic carbocycles. The van der Waals surface area contributed by atoms with Gasteiger partial charge in [0.25, 0.3) is 0 Å². The van der Waals surface area contributed by atoms with Gasteiger partial charge in [0.15, 0.2) is 0 Å². The molecule has 1 rings (SSSR count). The molecule has 18 heavy (non-hydrogen) atoms. The van der Waals surface area contributed by atoms with Crippen LogP contribution in [0.3, 0.4) is 0 Å². The lowest BCUT2D eigenvalue weighted by atomic mass is 10.1. The van der Waals surface area contributed by atoms with Crippen molar-refractivity contribution in [1.82, 2.24) is 4.31 Å². The minimum Gasteiger partial charge on any atom is -0.392 e. The second kappa shape index (κ2) is 5.97. The number of halogens is 1. The Morgan fingerprint density at radius 3 is 2.39 bits per heavy atom. The van der Waals surface area contributed by atoms with Crippen molar-refractivity contribution in [3.05, 3.63) is 34.9 Å². The fourth-order valence-corrected chi connectivity index (χ4v) is 3.21. The summed E-state index contributed by atoms with van der Waals surface area (Å²) in [6.45, 7) is 1.79. The third-order valence-electron chi connectivity index (χ3n) is 2.66. The molecule has 0 radical (unpaired) electrons. The Hall–Kier alpha value is -0.690. The predicted octanol–water partition coefficient (Wildman–Crippen LogP) is 1.95. The van der Waals surface area contributed by atoms with Gasteiger partial charge in [0.1, 0.15) is 5.75 Å². The number of rotatable bonds is 5. The first-order valence-electron chi connectivity index (χ1n) is 5.23. The smallest absolute Gasteiger partial charge is 0.220 e. The average molecular weight is 307 g/mol. The van der Waals surface area contributed by atoms with Gasteiger partial charge in [0, 0.05) is 18.1 Å². The SMILES string of the molecule is CC(c1ccc(Cl)cc1)N(C)S(=O)(=O)CC(N)=S. The largest absolute Gasteiger partial charge is 0.392 e. The van der Waals surface area contributed by atoms with Crippen LogP contribution < -0.4 is 5.73 Å². The van der Waals surface area contributed by atoms with E-state index >= 15 is 0 Å². The monoisotopic (exact) mass is 306 g/mol. The van der Waals surface area contributed by atoms with Crippen LogP contribution in [-0.2, 0) is 10.0 Å². The Morgan fingerprint density at radius 2 is 1.94 bits per heavy atom. The summed E-state index contributed by atoms with van der Waals surface area (Å²) in [4.78, 5) is -0.0369. The second-order valence-corrected chi connectivity index (χ2v) is 6.96. The number of hydrogen-bond acceptors (Lipinski definition) is 3. The Morgan fingerprint density at radius 1 is 1.44 bits per heavy atom. The molecule has 7 heteroatoms. The lowest BCUT2D eigenvalue weighted by molar-refractivity contribution is 0.401. The first-order chi connectivity index (χ1) is 8.24. The van der Waals surface area contributed by atoms with Crippen LogP contribution in [0.25, 0.3) is 0 Å². The molecule has 1 aromatic rings. The molecule has 4 nitrogen and oxygen atoms in total. The molecule has 0 aliphatic heterocycles. The number of nitrogens with zero attached hydrogens (tertiary/aromatic N) is 1. The molecule has 2 N–H and O–H groups in total. The Labute approximate surface area is 118 Å². The van der Waals surface area contributed by atoms with Crippen molar-refractivity contribution in [2.45, 2.75) is 13.0 Å². The van der Waals surface area contributed by atoms with Gasteiger partial charge < -0.3 is 5.73 Å². The van der Waals surface area contributed by atoms with Crippen molar-refractivity contribution < 1.29 is 8.42 Å². The lowest BCUT2D eigenvalue weighted by Crippen LogP contribution is -2.35. The third kappa shape index (κ3) is 3.91. The first kappa shape index (κ1) is 15.4. The molecule has 0 saturated carbocycles. The van der Waals surface area contributed by atoms with Crippen LogP contribution in [0.15, 0.2) is 24.3 Å². The molecule has 100 valence electrons. The molecular weight excluding hydrogens is 292 g/mol. The minimum absolute atomic E-state index is 0.0369. The highest BCUT2D eigenvalue weighted by molar-refractivity contribution is 7.92. The standard InChI is InChI=1S/C11H15ClN2O2S2/c1-8(9-3-5-10(12)6-4-9)14(2)18(15,16)7-11(13)17/h3-6,8H,7H2,1-2H3,(H2,13,17). The zero-order valence-electron chi connectivity index (χ0n) is 10.1. The third-order valence-corrected chi connectivity index (χ3v) is 5.11. The maximum absolute atomic E-state index is 12.0. The summed E-state index contributed by atoms with van der Waals surface area (Å²) in [6.07, 6.45) is 0. The zero-order chi connectivity index (χ0) is 13.9. The topological polar surface area (TPSA) is 63.4 Å². The van der Waals surface area contributed by atoms with Crippen molar-refractivity contribution in [2.75, 3.05) is 12.8 Å². The van der Waals surface area contributed by atoms with E-state index in [0.717, 1.165) is 5.56 Å².